The molecule has 10 heteroatoms. The van der Waals surface area contributed by atoms with Gasteiger partial charge in [0.05, 0.1) is 10.5 Å². The van der Waals surface area contributed by atoms with E-state index in [1.165, 1.54) is 18.2 Å². The first-order valence-electron chi connectivity index (χ1n) is 6.71. The fourth-order valence-corrected chi connectivity index (χ4v) is 1.82. The summed E-state index contributed by atoms with van der Waals surface area (Å²) in [4.78, 5) is 33.4. The van der Waals surface area contributed by atoms with Crippen molar-refractivity contribution in [3.8, 4) is 0 Å². The van der Waals surface area contributed by atoms with Gasteiger partial charge >= 0.3 is 18.0 Å². The minimum Gasteiger partial charge on any atom is -0.318 e. The van der Waals surface area contributed by atoms with E-state index < -0.39 is 28.5 Å². The molecule has 0 saturated heterocycles. The fourth-order valence-electron chi connectivity index (χ4n) is 1.82. The molecule has 7 nitrogen and oxygen atoms in total. The molecule has 0 saturated carbocycles. The van der Waals surface area contributed by atoms with Crippen LogP contribution in [0.15, 0.2) is 48.5 Å². The first-order valence-corrected chi connectivity index (χ1v) is 6.71. The lowest BCUT2D eigenvalue weighted by atomic mass is 10.2. The molecule has 0 spiro atoms. The number of nitro groups is 1. The monoisotopic (exact) mass is 353 g/mol. The summed E-state index contributed by atoms with van der Waals surface area (Å²) in [6.07, 6.45) is -4.58. The average molecular weight is 353 g/mol. The number of carbonyl (C=O) groups excluding carboxylic acids is 2. The Hall–Kier alpha value is -3.43. The normalized spacial score (nSPS) is 10.8. The standard InChI is InChI=1S/C15H10F3N3O4/c16-15(17,18)9-2-1-3-11(8-9)20-14(23)13(22)19-10-4-6-12(7-5-10)21(24)25/h1-8H,(H,19,22)(H,20,23). The van der Waals surface area contributed by atoms with Crippen molar-refractivity contribution >= 4 is 28.9 Å². The number of non-ortho nitro benzene ring substituents is 1. The van der Waals surface area contributed by atoms with Gasteiger partial charge in [-0.25, -0.2) is 0 Å². The molecule has 2 aromatic carbocycles. The van der Waals surface area contributed by atoms with E-state index >= 15 is 0 Å². The Morgan fingerprint density at radius 2 is 1.48 bits per heavy atom. The zero-order valence-electron chi connectivity index (χ0n) is 12.3. The molecule has 0 heterocycles. The molecular weight excluding hydrogens is 343 g/mol. The Morgan fingerprint density at radius 3 is 2.00 bits per heavy atom. The molecule has 0 radical (unpaired) electrons. The predicted molar refractivity (Wildman–Crippen MR) is 81.8 cm³/mol. The van der Waals surface area contributed by atoms with Crippen LogP contribution in [-0.4, -0.2) is 16.7 Å². The van der Waals surface area contributed by atoms with E-state index in [4.69, 9.17) is 0 Å². The summed E-state index contributed by atoms with van der Waals surface area (Å²) in [6.45, 7) is 0. The Morgan fingerprint density at radius 1 is 0.920 bits per heavy atom. The maximum atomic E-state index is 12.6. The number of amides is 2. The van der Waals surface area contributed by atoms with Crippen LogP contribution in [0.25, 0.3) is 0 Å². The van der Waals surface area contributed by atoms with Crippen molar-refractivity contribution in [3.05, 3.63) is 64.2 Å². The summed E-state index contributed by atoms with van der Waals surface area (Å²) in [6, 6.07) is 8.49. The van der Waals surface area contributed by atoms with E-state index in [-0.39, 0.29) is 17.1 Å². The minimum absolute atomic E-state index is 0.120. The Bertz CT molecular complexity index is 820. The highest BCUT2D eigenvalue weighted by Crippen LogP contribution is 2.30. The van der Waals surface area contributed by atoms with Crippen molar-refractivity contribution in [1.82, 2.24) is 0 Å². The summed E-state index contributed by atoms with van der Waals surface area (Å²) in [5, 5.41) is 14.7. The van der Waals surface area contributed by atoms with Crippen LogP contribution in [0.3, 0.4) is 0 Å². The van der Waals surface area contributed by atoms with Crippen LogP contribution in [0.4, 0.5) is 30.2 Å². The average Bonchev–Trinajstić information content (AvgIpc) is 2.54. The van der Waals surface area contributed by atoms with Gasteiger partial charge in [0.2, 0.25) is 0 Å². The Balaban J connectivity index is 2.03. The molecule has 25 heavy (non-hydrogen) atoms. The third-order valence-electron chi connectivity index (χ3n) is 2.99. The number of anilines is 2. The van der Waals surface area contributed by atoms with Gasteiger partial charge in [0.25, 0.3) is 5.69 Å². The van der Waals surface area contributed by atoms with Crippen LogP contribution in [0.5, 0.6) is 0 Å². The zero-order chi connectivity index (χ0) is 18.6. The van der Waals surface area contributed by atoms with Crippen LogP contribution in [0, 0.1) is 10.1 Å². The first kappa shape index (κ1) is 17.9. The van der Waals surface area contributed by atoms with E-state index in [2.05, 4.69) is 5.32 Å². The second-order valence-corrected chi connectivity index (χ2v) is 4.79. The number of rotatable bonds is 3. The van der Waals surface area contributed by atoms with Crippen molar-refractivity contribution < 1.29 is 27.7 Å². The van der Waals surface area contributed by atoms with Gasteiger partial charge in [0.1, 0.15) is 0 Å². The molecule has 0 atom stereocenters. The molecular formula is C15H10F3N3O4. The van der Waals surface area contributed by atoms with E-state index in [0.717, 1.165) is 24.3 Å². The molecule has 0 aromatic heterocycles. The Kier molecular flexibility index (Phi) is 5.01. The third kappa shape index (κ3) is 4.77. The van der Waals surface area contributed by atoms with E-state index in [1.54, 1.807) is 0 Å². The van der Waals surface area contributed by atoms with Crippen LogP contribution >= 0.6 is 0 Å². The number of nitrogens with zero attached hydrogens (tertiary/aromatic N) is 1. The summed E-state index contributed by atoms with van der Waals surface area (Å²) in [5.74, 6) is -2.32. The molecule has 2 rings (SSSR count). The van der Waals surface area contributed by atoms with Gasteiger partial charge in [-0.2, -0.15) is 13.2 Å². The number of nitrogens with one attached hydrogen (secondary N) is 2. The van der Waals surface area contributed by atoms with Crippen molar-refractivity contribution in [2.75, 3.05) is 10.6 Å². The molecule has 0 aliphatic rings. The SMILES string of the molecule is O=C(Nc1ccc([N+](=O)[O-])cc1)C(=O)Nc1cccc(C(F)(F)F)c1. The summed E-state index contributed by atoms with van der Waals surface area (Å²) in [7, 11) is 0. The van der Waals surface area contributed by atoms with Gasteiger partial charge in [-0.1, -0.05) is 6.07 Å². The largest absolute Gasteiger partial charge is 0.416 e. The van der Waals surface area contributed by atoms with E-state index in [9.17, 15) is 32.9 Å². The van der Waals surface area contributed by atoms with Gasteiger partial charge in [-0.15, -0.1) is 0 Å². The highest BCUT2D eigenvalue weighted by molar-refractivity contribution is 6.43. The van der Waals surface area contributed by atoms with Crippen LogP contribution in [0.1, 0.15) is 5.56 Å². The second kappa shape index (κ2) is 6.99. The maximum Gasteiger partial charge on any atom is 0.416 e. The fraction of sp³-hybridized carbons (Fsp3) is 0.0667. The number of hydrogen-bond acceptors (Lipinski definition) is 4. The molecule has 130 valence electrons. The molecule has 0 unspecified atom stereocenters. The lowest BCUT2D eigenvalue weighted by Crippen LogP contribution is -2.29. The molecule has 2 N–H and O–H groups in total. The highest BCUT2D eigenvalue weighted by atomic mass is 19.4. The summed E-state index contributed by atoms with van der Waals surface area (Å²) >= 11 is 0. The maximum absolute atomic E-state index is 12.6. The number of halogens is 3. The van der Waals surface area contributed by atoms with Gasteiger partial charge in [0, 0.05) is 23.5 Å². The van der Waals surface area contributed by atoms with Crippen LogP contribution < -0.4 is 10.6 Å². The van der Waals surface area contributed by atoms with Crippen molar-refractivity contribution in [2.24, 2.45) is 0 Å². The zero-order valence-corrected chi connectivity index (χ0v) is 12.3. The van der Waals surface area contributed by atoms with Gasteiger partial charge in [-0.05, 0) is 30.3 Å². The molecule has 0 bridgehead atoms. The topological polar surface area (TPSA) is 101 Å². The molecule has 0 aliphatic carbocycles. The number of hydrogen-bond donors (Lipinski definition) is 2. The number of nitro benzene ring substituents is 1. The molecule has 2 amide bonds. The number of carbonyl (C=O) groups is 2. The third-order valence-corrected chi connectivity index (χ3v) is 2.99. The first-order chi connectivity index (χ1) is 11.7. The smallest absolute Gasteiger partial charge is 0.318 e. The van der Waals surface area contributed by atoms with Crippen molar-refractivity contribution in [3.63, 3.8) is 0 Å². The predicted octanol–water partition coefficient (Wildman–Crippen LogP) is 3.19. The minimum atomic E-state index is -4.58. The van der Waals surface area contributed by atoms with Gasteiger partial charge < -0.3 is 10.6 Å². The quantitative estimate of drug-likeness (QED) is 0.503. The molecule has 2 aromatic rings. The second-order valence-electron chi connectivity index (χ2n) is 4.79. The number of benzene rings is 2. The van der Waals surface area contributed by atoms with E-state index in [1.807, 2.05) is 5.32 Å². The van der Waals surface area contributed by atoms with Crippen LogP contribution in [0.2, 0.25) is 0 Å². The molecule has 0 aliphatic heterocycles. The van der Waals surface area contributed by atoms with Crippen molar-refractivity contribution in [2.45, 2.75) is 6.18 Å². The highest BCUT2D eigenvalue weighted by Gasteiger charge is 2.30. The lowest BCUT2D eigenvalue weighted by Gasteiger charge is -2.10. The lowest BCUT2D eigenvalue weighted by molar-refractivity contribution is -0.384. The van der Waals surface area contributed by atoms with Gasteiger partial charge in [-0.3, -0.25) is 19.7 Å². The van der Waals surface area contributed by atoms with Crippen LogP contribution in [-0.2, 0) is 15.8 Å². The van der Waals surface area contributed by atoms with Crippen molar-refractivity contribution in [1.29, 1.82) is 0 Å². The van der Waals surface area contributed by atoms with Gasteiger partial charge in [0.15, 0.2) is 0 Å². The summed E-state index contributed by atoms with van der Waals surface area (Å²) in [5.41, 5.74) is -1.25. The van der Waals surface area contributed by atoms with E-state index in [0.29, 0.717) is 6.07 Å². The summed E-state index contributed by atoms with van der Waals surface area (Å²) < 4.78 is 37.8. The molecule has 0 fully saturated rings. The number of alkyl halides is 3. The Labute approximate surface area is 138 Å².